The molecule has 194 valence electrons. The van der Waals surface area contributed by atoms with Gasteiger partial charge in [0.25, 0.3) is 0 Å². The molecule has 0 amide bonds. The number of nitrogens with one attached hydrogen (secondary N) is 2. The van der Waals surface area contributed by atoms with E-state index >= 15 is 0 Å². The molecule has 0 spiro atoms. The number of nitrogens with zero attached hydrogens (tertiary/aromatic N) is 4. The van der Waals surface area contributed by atoms with Crippen LogP contribution in [0.5, 0.6) is 11.5 Å². The lowest BCUT2D eigenvalue weighted by Crippen LogP contribution is -2.19. The zero-order valence-corrected chi connectivity index (χ0v) is 21.0. The lowest BCUT2D eigenvalue weighted by atomic mass is 9.98. The maximum Gasteiger partial charge on any atom is 0.138 e. The highest BCUT2D eigenvalue weighted by atomic mass is 19.1. The number of benzene rings is 1. The molecule has 0 bridgehead atoms. The number of hydrogen-bond donors (Lipinski definition) is 3. The van der Waals surface area contributed by atoms with Crippen molar-refractivity contribution in [2.75, 3.05) is 0 Å². The molecule has 0 aliphatic heterocycles. The number of phenolic OH excluding ortho intramolecular Hbond substituents is 1. The number of ether oxygens (including phenoxy) is 1. The summed E-state index contributed by atoms with van der Waals surface area (Å²) in [7, 11) is 0. The predicted octanol–water partition coefficient (Wildman–Crippen LogP) is 6.79. The Morgan fingerprint density at radius 1 is 0.897 bits per heavy atom. The van der Waals surface area contributed by atoms with E-state index in [9.17, 15) is 9.50 Å². The maximum absolute atomic E-state index is 14.0. The Morgan fingerprint density at radius 3 is 2.67 bits per heavy atom. The van der Waals surface area contributed by atoms with Crippen molar-refractivity contribution >= 4 is 21.9 Å². The molecule has 8 nitrogen and oxygen atoms in total. The highest BCUT2D eigenvalue weighted by Crippen LogP contribution is 2.34. The van der Waals surface area contributed by atoms with Crippen LogP contribution >= 0.6 is 0 Å². The Bertz CT molecular complexity index is 1800. The van der Waals surface area contributed by atoms with Gasteiger partial charge in [-0.1, -0.05) is 6.42 Å². The lowest BCUT2D eigenvalue weighted by Gasteiger charge is -2.22. The normalized spacial score (nSPS) is 14.3. The van der Waals surface area contributed by atoms with Gasteiger partial charge in [-0.25, -0.2) is 9.37 Å². The number of aromatic hydroxyl groups is 1. The minimum atomic E-state index is -0.530. The molecule has 9 heteroatoms. The molecule has 1 aromatic carbocycles. The van der Waals surface area contributed by atoms with Crippen LogP contribution in [0.1, 0.15) is 32.1 Å². The predicted molar refractivity (Wildman–Crippen MR) is 147 cm³/mol. The summed E-state index contributed by atoms with van der Waals surface area (Å²) in [6, 6.07) is 13.6. The van der Waals surface area contributed by atoms with Gasteiger partial charge in [0, 0.05) is 40.5 Å². The second-order valence-electron chi connectivity index (χ2n) is 9.95. The molecule has 5 aromatic heterocycles. The molecule has 7 rings (SSSR count). The molecule has 0 unspecified atom stereocenters. The molecular formula is C30H25FN6O2. The quantitative estimate of drug-likeness (QED) is 0.231. The van der Waals surface area contributed by atoms with Crippen LogP contribution < -0.4 is 4.74 Å². The summed E-state index contributed by atoms with van der Waals surface area (Å²) in [5.41, 5.74) is 6.37. The van der Waals surface area contributed by atoms with Gasteiger partial charge < -0.3 is 14.8 Å². The van der Waals surface area contributed by atoms with Crippen molar-refractivity contribution in [1.82, 2.24) is 30.1 Å². The van der Waals surface area contributed by atoms with Crippen LogP contribution in [-0.2, 0) is 0 Å². The average Bonchev–Trinajstić information content (AvgIpc) is 3.57. The Labute approximate surface area is 222 Å². The zero-order chi connectivity index (χ0) is 26.3. The minimum Gasteiger partial charge on any atom is -0.508 e. The van der Waals surface area contributed by atoms with Crippen molar-refractivity contribution in [3.63, 3.8) is 0 Å². The van der Waals surface area contributed by atoms with Crippen LogP contribution in [0.2, 0.25) is 0 Å². The molecule has 1 saturated carbocycles. The highest BCUT2D eigenvalue weighted by Gasteiger charge is 2.18. The number of fused-ring (bicyclic) bond motifs is 2. The highest BCUT2D eigenvalue weighted by molar-refractivity contribution is 5.99. The molecule has 0 radical (unpaired) electrons. The number of rotatable bonds is 5. The van der Waals surface area contributed by atoms with Crippen molar-refractivity contribution < 1.29 is 14.2 Å². The van der Waals surface area contributed by atoms with E-state index in [0.29, 0.717) is 22.5 Å². The first-order valence-corrected chi connectivity index (χ1v) is 13.1. The fraction of sp³-hybridized carbons (Fsp3) is 0.200. The number of aromatic nitrogens is 6. The van der Waals surface area contributed by atoms with Crippen LogP contribution in [0, 0.1) is 5.82 Å². The number of pyridine rings is 3. The third-order valence-electron chi connectivity index (χ3n) is 7.23. The number of phenols is 1. The van der Waals surface area contributed by atoms with Gasteiger partial charge in [-0.2, -0.15) is 5.10 Å². The minimum absolute atomic E-state index is 0.155. The number of aromatic amines is 2. The van der Waals surface area contributed by atoms with E-state index in [-0.39, 0.29) is 11.9 Å². The zero-order valence-electron chi connectivity index (χ0n) is 21.0. The first-order chi connectivity index (χ1) is 19.1. The van der Waals surface area contributed by atoms with E-state index in [2.05, 4.69) is 25.1 Å². The second-order valence-corrected chi connectivity index (χ2v) is 9.95. The van der Waals surface area contributed by atoms with Crippen LogP contribution in [0.15, 0.2) is 67.1 Å². The number of halogens is 1. The Morgan fingerprint density at radius 2 is 1.79 bits per heavy atom. The molecule has 0 saturated heterocycles. The van der Waals surface area contributed by atoms with Crippen LogP contribution in [0.4, 0.5) is 4.39 Å². The van der Waals surface area contributed by atoms with E-state index in [0.717, 1.165) is 58.0 Å². The molecule has 0 atom stereocenters. The molecule has 5 heterocycles. The second kappa shape index (κ2) is 9.50. The summed E-state index contributed by atoms with van der Waals surface area (Å²) >= 11 is 0. The third kappa shape index (κ3) is 4.46. The van der Waals surface area contributed by atoms with Gasteiger partial charge in [-0.15, -0.1) is 0 Å². The monoisotopic (exact) mass is 520 g/mol. The summed E-state index contributed by atoms with van der Waals surface area (Å²) in [5.74, 6) is 0.0716. The van der Waals surface area contributed by atoms with Gasteiger partial charge in [-0.3, -0.25) is 15.1 Å². The lowest BCUT2D eigenvalue weighted by molar-refractivity contribution is 0.154. The first kappa shape index (κ1) is 23.3. The van der Waals surface area contributed by atoms with E-state index in [1.165, 1.54) is 31.4 Å². The molecular weight excluding hydrogens is 495 g/mol. The van der Waals surface area contributed by atoms with Crippen LogP contribution in [-0.4, -0.2) is 41.3 Å². The molecule has 1 fully saturated rings. The first-order valence-electron chi connectivity index (χ1n) is 13.1. The van der Waals surface area contributed by atoms with Crippen molar-refractivity contribution in [2.24, 2.45) is 0 Å². The average molecular weight is 521 g/mol. The van der Waals surface area contributed by atoms with Gasteiger partial charge in [0.15, 0.2) is 0 Å². The number of H-pyrrole nitrogens is 2. The van der Waals surface area contributed by atoms with E-state index in [1.807, 2.05) is 30.3 Å². The van der Waals surface area contributed by atoms with E-state index < -0.39 is 5.82 Å². The van der Waals surface area contributed by atoms with Crippen LogP contribution in [0.3, 0.4) is 0 Å². The van der Waals surface area contributed by atoms with E-state index in [1.54, 1.807) is 18.6 Å². The van der Waals surface area contributed by atoms with Gasteiger partial charge in [0.05, 0.1) is 34.9 Å². The topological polar surface area (TPSA) is 113 Å². The summed E-state index contributed by atoms with van der Waals surface area (Å²) in [6.07, 6.45) is 11.3. The molecule has 1 aliphatic rings. The van der Waals surface area contributed by atoms with Crippen molar-refractivity contribution in [2.45, 2.75) is 38.2 Å². The standard InChI is InChI=1S/C30H25FN6O2/c31-19-10-17(11-20(38)13-19)28-23-14-27(34-25(23)8-9-33-28)30-29-26(36-37-30)7-6-24(35-29)18-12-22(16-32-15-18)39-21-4-2-1-3-5-21/h6-16,21,34,38H,1-5H2,(H,36,37). The molecule has 6 aromatic rings. The Kier molecular flexibility index (Phi) is 5.69. The van der Waals surface area contributed by atoms with Crippen molar-refractivity contribution in [3.8, 4) is 45.4 Å². The van der Waals surface area contributed by atoms with Gasteiger partial charge >= 0.3 is 0 Å². The van der Waals surface area contributed by atoms with Crippen molar-refractivity contribution in [1.29, 1.82) is 0 Å². The fourth-order valence-corrected chi connectivity index (χ4v) is 5.37. The SMILES string of the molecule is Oc1cc(F)cc(-c2nccc3[nH]c(-c4n[nH]c5ccc(-c6cncc(OC7CCCCC7)c6)nc45)cc23)c1. The molecule has 3 N–H and O–H groups in total. The van der Waals surface area contributed by atoms with Gasteiger partial charge in [0.1, 0.15) is 28.5 Å². The fourth-order valence-electron chi connectivity index (χ4n) is 5.37. The molecule has 39 heavy (non-hydrogen) atoms. The summed E-state index contributed by atoms with van der Waals surface area (Å²) in [6.45, 7) is 0. The van der Waals surface area contributed by atoms with Crippen molar-refractivity contribution in [3.05, 3.63) is 72.9 Å². The summed E-state index contributed by atoms with van der Waals surface area (Å²) in [5, 5.41) is 18.3. The Hall–Kier alpha value is -4.79. The number of hydrogen-bond acceptors (Lipinski definition) is 6. The smallest absolute Gasteiger partial charge is 0.138 e. The van der Waals surface area contributed by atoms with Crippen LogP contribution in [0.25, 0.3) is 55.8 Å². The largest absolute Gasteiger partial charge is 0.508 e. The molecule has 1 aliphatic carbocycles. The van der Waals surface area contributed by atoms with E-state index in [4.69, 9.17) is 9.72 Å². The van der Waals surface area contributed by atoms with Gasteiger partial charge in [0.2, 0.25) is 0 Å². The van der Waals surface area contributed by atoms with Gasteiger partial charge in [-0.05, 0) is 68.1 Å². The summed E-state index contributed by atoms with van der Waals surface area (Å²) < 4.78 is 20.2. The summed E-state index contributed by atoms with van der Waals surface area (Å²) in [4.78, 5) is 17.2. The Balaban J connectivity index is 1.26. The third-order valence-corrected chi connectivity index (χ3v) is 7.23. The maximum atomic E-state index is 14.0.